The van der Waals surface area contributed by atoms with E-state index >= 15 is 0 Å². The second-order valence-corrected chi connectivity index (χ2v) is 3.36. The molecule has 8 nitrogen and oxygen atoms in total. The molecule has 0 aliphatic carbocycles. The summed E-state index contributed by atoms with van der Waals surface area (Å²) >= 11 is 0. The summed E-state index contributed by atoms with van der Waals surface area (Å²) in [4.78, 5) is 19.0. The summed E-state index contributed by atoms with van der Waals surface area (Å²) in [5, 5.41) is 37.0. The maximum atomic E-state index is 10.4. The van der Waals surface area contributed by atoms with Crippen molar-refractivity contribution >= 4 is 5.97 Å². The summed E-state index contributed by atoms with van der Waals surface area (Å²) in [7, 11) is 0. The summed E-state index contributed by atoms with van der Waals surface area (Å²) < 4.78 is 4.74. The number of aliphatic hydroxyl groups excluding tert-OH is 4. The molecule has 0 bridgehead atoms. The highest BCUT2D eigenvalue weighted by atomic mass is 17.2. The minimum Gasteiger partial charge on any atom is -0.394 e. The van der Waals surface area contributed by atoms with Crippen molar-refractivity contribution < 1.29 is 39.7 Å². The smallest absolute Gasteiger partial charge is 0.339 e. The van der Waals surface area contributed by atoms with E-state index in [1.54, 1.807) is 0 Å². The highest BCUT2D eigenvalue weighted by Crippen LogP contribution is 2.22. The molecule has 1 saturated heterocycles. The number of rotatable bonds is 3. The Labute approximate surface area is 90.9 Å². The Morgan fingerprint density at radius 1 is 1.31 bits per heavy atom. The fourth-order valence-electron chi connectivity index (χ4n) is 1.30. The fraction of sp³-hybridized carbons (Fsp3) is 0.875. The zero-order chi connectivity index (χ0) is 12.3. The van der Waals surface area contributed by atoms with Crippen molar-refractivity contribution in [1.29, 1.82) is 0 Å². The molecule has 1 aliphatic heterocycles. The molecule has 1 rings (SSSR count). The molecule has 94 valence electrons. The minimum absolute atomic E-state index is 0.574. The summed E-state index contributed by atoms with van der Waals surface area (Å²) in [6.07, 6.45) is -7.16. The molecule has 0 saturated carbocycles. The molecule has 4 N–H and O–H groups in total. The van der Waals surface area contributed by atoms with Gasteiger partial charge in [-0.3, -0.25) is 4.89 Å². The van der Waals surface area contributed by atoms with E-state index < -0.39 is 43.3 Å². The van der Waals surface area contributed by atoms with Gasteiger partial charge >= 0.3 is 5.97 Å². The highest BCUT2D eigenvalue weighted by molar-refractivity contribution is 5.65. The number of carbonyl (C=O) groups is 1. The van der Waals surface area contributed by atoms with E-state index in [4.69, 9.17) is 9.84 Å². The standard InChI is InChI=1S/C8H14O8/c1-3(10)15-16-7-6(12)5(11)4(2-9)14-8(7)13/h4-9,11-13H,2H2,1H3/t4-,5-,6+,7-,8-/m1/s1. The fourth-order valence-corrected chi connectivity index (χ4v) is 1.30. The van der Waals surface area contributed by atoms with Crippen molar-refractivity contribution in [2.45, 2.75) is 37.6 Å². The third kappa shape index (κ3) is 2.88. The second-order valence-electron chi connectivity index (χ2n) is 3.36. The molecule has 1 heterocycles. The number of hydrogen-bond donors (Lipinski definition) is 4. The van der Waals surface area contributed by atoms with Crippen LogP contribution in [-0.4, -0.2) is 63.7 Å². The van der Waals surface area contributed by atoms with Crippen LogP contribution in [0.5, 0.6) is 0 Å². The molecule has 0 aromatic heterocycles. The zero-order valence-electron chi connectivity index (χ0n) is 8.52. The van der Waals surface area contributed by atoms with E-state index in [1.807, 2.05) is 0 Å². The molecule has 0 radical (unpaired) electrons. The van der Waals surface area contributed by atoms with Crippen molar-refractivity contribution in [3.05, 3.63) is 0 Å². The molecule has 5 atom stereocenters. The monoisotopic (exact) mass is 238 g/mol. The van der Waals surface area contributed by atoms with Gasteiger partial charge in [0.05, 0.1) is 6.61 Å². The zero-order valence-corrected chi connectivity index (χ0v) is 8.52. The Hall–Kier alpha value is -0.770. The van der Waals surface area contributed by atoms with Crippen LogP contribution in [-0.2, 0) is 19.3 Å². The SMILES string of the molecule is CC(=O)OO[C@@H]1[C@@H](O)[C@H](O)[C@@H](CO)O[C@H]1O. The predicted molar refractivity (Wildman–Crippen MR) is 46.6 cm³/mol. The summed E-state index contributed by atoms with van der Waals surface area (Å²) in [6, 6.07) is 0. The van der Waals surface area contributed by atoms with Crippen molar-refractivity contribution in [2.24, 2.45) is 0 Å². The largest absolute Gasteiger partial charge is 0.394 e. The molecule has 0 amide bonds. The number of hydrogen-bond acceptors (Lipinski definition) is 8. The van der Waals surface area contributed by atoms with Crippen LogP contribution in [0.25, 0.3) is 0 Å². The molecule has 1 fully saturated rings. The molecule has 1 aliphatic rings. The summed E-state index contributed by atoms with van der Waals surface area (Å²) in [5.74, 6) is -0.779. The maximum absolute atomic E-state index is 10.4. The van der Waals surface area contributed by atoms with Crippen LogP contribution in [0.3, 0.4) is 0 Å². The Kier molecular flexibility index (Phi) is 4.59. The first-order chi connectivity index (χ1) is 7.47. The molecule has 0 unspecified atom stereocenters. The lowest BCUT2D eigenvalue weighted by Gasteiger charge is -2.38. The molecular formula is C8H14O8. The van der Waals surface area contributed by atoms with Gasteiger partial charge < -0.3 is 25.2 Å². The van der Waals surface area contributed by atoms with Gasteiger partial charge in [0.1, 0.15) is 18.3 Å². The van der Waals surface area contributed by atoms with E-state index in [2.05, 4.69) is 9.78 Å². The van der Waals surface area contributed by atoms with Gasteiger partial charge in [0.25, 0.3) is 0 Å². The molecule has 8 heteroatoms. The van der Waals surface area contributed by atoms with Crippen LogP contribution in [0.1, 0.15) is 6.92 Å². The van der Waals surface area contributed by atoms with E-state index in [9.17, 15) is 20.1 Å². The Morgan fingerprint density at radius 3 is 2.44 bits per heavy atom. The third-order valence-corrected chi connectivity index (χ3v) is 2.12. The normalized spacial score (nSPS) is 39.4. The van der Waals surface area contributed by atoms with Gasteiger partial charge in [-0.15, -0.1) is 0 Å². The van der Waals surface area contributed by atoms with Crippen LogP contribution < -0.4 is 0 Å². The quantitative estimate of drug-likeness (QED) is 0.308. The Bertz CT molecular complexity index is 244. The highest BCUT2D eigenvalue weighted by Gasteiger charge is 2.45. The first kappa shape index (κ1) is 13.3. The van der Waals surface area contributed by atoms with Gasteiger partial charge in [-0.1, -0.05) is 0 Å². The average molecular weight is 238 g/mol. The van der Waals surface area contributed by atoms with Gasteiger partial charge in [-0.05, 0) is 0 Å². The van der Waals surface area contributed by atoms with Crippen LogP contribution in [0.2, 0.25) is 0 Å². The Morgan fingerprint density at radius 2 is 1.94 bits per heavy atom. The predicted octanol–water partition coefficient (Wildman–Crippen LogP) is -2.72. The van der Waals surface area contributed by atoms with Gasteiger partial charge in [-0.25, -0.2) is 4.79 Å². The van der Waals surface area contributed by atoms with Crippen molar-refractivity contribution in [3.8, 4) is 0 Å². The van der Waals surface area contributed by atoms with Crippen molar-refractivity contribution in [3.63, 3.8) is 0 Å². The van der Waals surface area contributed by atoms with E-state index in [1.165, 1.54) is 0 Å². The molecule has 0 aromatic carbocycles. The summed E-state index contributed by atoms with van der Waals surface area (Å²) in [6.45, 7) is 0.491. The van der Waals surface area contributed by atoms with Gasteiger partial charge in [-0.2, -0.15) is 4.89 Å². The summed E-state index contributed by atoms with van der Waals surface area (Å²) in [5.41, 5.74) is 0. The first-order valence-electron chi connectivity index (χ1n) is 4.61. The number of ether oxygens (including phenoxy) is 1. The van der Waals surface area contributed by atoms with Gasteiger partial charge in [0.15, 0.2) is 12.4 Å². The van der Waals surface area contributed by atoms with E-state index in [0.29, 0.717) is 0 Å². The topological polar surface area (TPSA) is 126 Å². The van der Waals surface area contributed by atoms with E-state index in [-0.39, 0.29) is 0 Å². The lowest BCUT2D eigenvalue weighted by atomic mass is 9.99. The minimum atomic E-state index is -1.62. The lowest BCUT2D eigenvalue weighted by Crippen LogP contribution is -2.59. The van der Waals surface area contributed by atoms with Crippen LogP contribution >= 0.6 is 0 Å². The van der Waals surface area contributed by atoms with Crippen LogP contribution in [0.4, 0.5) is 0 Å². The average Bonchev–Trinajstić information content (AvgIpc) is 2.22. The van der Waals surface area contributed by atoms with Gasteiger partial charge in [0.2, 0.25) is 0 Å². The first-order valence-corrected chi connectivity index (χ1v) is 4.61. The van der Waals surface area contributed by atoms with Crippen molar-refractivity contribution in [2.75, 3.05) is 6.61 Å². The molecule has 0 aromatic rings. The third-order valence-electron chi connectivity index (χ3n) is 2.12. The second kappa shape index (κ2) is 5.53. The van der Waals surface area contributed by atoms with Crippen molar-refractivity contribution in [1.82, 2.24) is 0 Å². The van der Waals surface area contributed by atoms with Crippen LogP contribution in [0.15, 0.2) is 0 Å². The van der Waals surface area contributed by atoms with Gasteiger partial charge in [0, 0.05) is 6.92 Å². The molecular weight excluding hydrogens is 224 g/mol. The maximum Gasteiger partial charge on any atom is 0.339 e. The number of carbonyl (C=O) groups excluding carboxylic acids is 1. The molecule has 0 spiro atoms. The Balaban J connectivity index is 2.60. The lowest BCUT2D eigenvalue weighted by molar-refractivity contribution is -0.382. The molecule has 16 heavy (non-hydrogen) atoms. The number of aliphatic hydroxyl groups is 4. The van der Waals surface area contributed by atoms with E-state index in [0.717, 1.165) is 6.92 Å². The van der Waals surface area contributed by atoms with Crippen LogP contribution in [0, 0.1) is 0 Å².